The first-order chi connectivity index (χ1) is 20.2. The van der Waals surface area contributed by atoms with Gasteiger partial charge in [0, 0.05) is 52.2 Å². The fraction of sp³-hybridized carbons (Fsp3) is 0.613. The van der Waals surface area contributed by atoms with Gasteiger partial charge in [0.25, 0.3) is 0 Å². The minimum absolute atomic E-state index is 0.0256. The average Bonchev–Trinajstić information content (AvgIpc) is 3.35. The van der Waals surface area contributed by atoms with Crippen molar-refractivity contribution in [2.75, 3.05) is 51.3 Å². The Morgan fingerprint density at radius 3 is 2.55 bits per heavy atom. The molecule has 2 aromatic rings. The summed E-state index contributed by atoms with van der Waals surface area (Å²) in [6, 6.07) is 6.22. The van der Waals surface area contributed by atoms with E-state index in [1.54, 1.807) is 6.92 Å². The molecule has 0 bridgehead atoms. The third-order valence-corrected chi connectivity index (χ3v) is 10.00. The van der Waals surface area contributed by atoms with Crippen LogP contribution in [0, 0.1) is 30.5 Å². The molecule has 3 saturated heterocycles. The first kappa shape index (κ1) is 30.6. The number of Topliss-reactive ketones (excluding diaryl/α,β-unsaturated/α-hetero) is 1. The number of halogens is 1. The molecule has 9 nitrogen and oxygen atoms in total. The lowest BCUT2D eigenvalue weighted by atomic mass is 9.87. The van der Waals surface area contributed by atoms with Crippen LogP contribution in [0.25, 0.3) is 0 Å². The van der Waals surface area contributed by atoms with E-state index in [4.69, 9.17) is 4.74 Å². The summed E-state index contributed by atoms with van der Waals surface area (Å²) in [5, 5.41) is 6.37. The van der Waals surface area contributed by atoms with Crippen LogP contribution in [0.1, 0.15) is 60.0 Å². The number of anilines is 1. The number of urea groups is 1. The highest BCUT2D eigenvalue weighted by molar-refractivity contribution is 7.17. The predicted octanol–water partition coefficient (Wildman–Crippen LogP) is 4.51. The van der Waals surface area contributed by atoms with Gasteiger partial charge in [-0.2, -0.15) is 0 Å². The van der Waals surface area contributed by atoms with Crippen molar-refractivity contribution in [2.45, 2.75) is 58.4 Å². The lowest BCUT2D eigenvalue weighted by Crippen LogP contribution is -2.58. The number of thiazole rings is 1. The largest absolute Gasteiger partial charge is 0.381 e. The van der Waals surface area contributed by atoms with Crippen LogP contribution < -0.4 is 10.6 Å². The number of hydrogen-bond donors (Lipinski definition) is 2. The quantitative estimate of drug-likeness (QED) is 0.433. The van der Waals surface area contributed by atoms with Crippen molar-refractivity contribution < 1.29 is 23.5 Å². The Balaban J connectivity index is 1.24. The first-order valence-corrected chi connectivity index (χ1v) is 16.0. The van der Waals surface area contributed by atoms with E-state index in [1.807, 2.05) is 17.0 Å². The molecule has 4 heterocycles. The number of nitrogens with zero attached hydrogens (tertiary/aromatic N) is 3. The van der Waals surface area contributed by atoms with E-state index < -0.39 is 0 Å². The van der Waals surface area contributed by atoms with Crippen LogP contribution in [0.5, 0.6) is 0 Å². The standard InChI is InChI=1S/C31H42FN5O4S/c1-20-28(21(2)38)42-31(33-20)35-30(40)34-27-19-37(29(39)24-10-14-41-15-11-24)13-9-25(27)18-36-12-3-4-23(17-36)16-22-5-7-26(32)8-6-22/h5-8,23-25,27H,3-4,9-19H2,1-2H3,(H2,33,34,35,40)/t23-,25-,27-/m0/s1. The molecule has 2 N–H and O–H groups in total. The van der Waals surface area contributed by atoms with Crippen LogP contribution in [0.15, 0.2) is 24.3 Å². The molecule has 228 valence electrons. The highest BCUT2D eigenvalue weighted by atomic mass is 32.1. The lowest BCUT2D eigenvalue weighted by molar-refractivity contribution is -0.140. The summed E-state index contributed by atoms with van der Waals surface area (Å²) in [5.41, 5.74) is 1.76. The Morgan fingerprint density at radius 1 is 1.07 bits per heavy atom. The van der Waals surface area contributed by atoms with E-state index in [0.717, 1.165) is 63.7 Å². The van der Waals surface area contributed by atoms with Crippen molar-refractivity contribution in [3.05, 3.63) is 46.2 Å². The van der Waals surface area contributed by atoms with Crippen molar-refractivity contribution in [2.24, 2.45) is 17.8 Å². The molecule has 0 unspecified atom stereocenters. The number of ketones is 1. The van der Waals surface area contributed by atoms with Gasteiger partial charge in [0.1, 0.15) is 5.82 Å². The minimum atomic E-state index is -0.373. The molecule has 3 fully saturated rings. The molecule has 11 heteroatoms. The third-order valence-electron chi connectivity index (χ3n) is 8.82. The number of carbonyl (C=O) groups excluding carboxylic acids is 3. The SMILES string of the molecule is CC(=O)c1sc(NC(=O)N[C@H]2CN(C(=O)C3CCOCC3)CC[C@H]2CN2CCC[C@@H](Cc3ccc(F)cc3)C2)nc1C. The van der Waals surface area contributed by atoms with Gasteiger partial charge in [-0.3, -0.25) is 14.9 Å². The van der Waals surface area contributed by atoms with Gasteiger partial charge in [-0.05, 0) is 81.5 Å². The second-order valence-corrected chi connectivity index (χ2v) is 13.0. The van der Waals surface area contributed by atoms with Gasteiger partial charge in [-0.15, -0.1) is 0 Å². The molecule has 3 atom stereocenters. The Morgan fingerprint density at radius 2 is 1.83 bits per heavy atom. The number of aryl methyl sites for hydroxylation is 1. The third kappa shape index (κ3) is 7.93. The topological polar surface area (TPSA) is 104 Å². The van der Waals surface area contributed by atoms with Gasteiger partial charge < -0.3 is 19.9 Å². The number of likely N-dealkylation sites (tertiary alicyclic amines) is 2. The molecule has 1 aromatic carbocycles. The molecule has 3 aliphatic heterocycles. The zero-order chi connectivity index (χ0) is 29.6. The number of rotatable bonds is 8. The zero-order valence-electron chi connectivity index (χ0n) is 24.6. The number of carbonyl (C=O) groups is 3. The normalized spacial score (nSPS) is 23.9. The molecule has 3 amide bonds. The van der Waals surface area contributed by atoms with Gasteiger partial charge in [-0.1, -0.05) is 23.5 Å². The molecular formula is C31H42FN5O4S. The van der Waals surface area contributed by atoms with Crippen molar-refractivity contribution in [1.29, 1.82) is 0 Å². The van der Waals surface area contributed by atoms with Crippen LogP contribution in [-0.4, -0.2) is 84.5 Å². The van der Waals surface area contributed by atoms with Crippen LogP contribution >= 0.6 is 11.3 Å². The maximum Gasteiger partial charge on any atom is 0.321 e. The van der Waals surface area contributed by atoms with Crippen LogP contribution in [-0.2, 0) is 16.0 Å². The van der Waals surface area contributed by atoms with Gasteiger partial charge >= 0.3 is 6.03 Å². The van der Waals surface area contributed by atoms with E-state index >= 15 is 0 Å². The number of ether oxygens (including phenoxy) is 1. The second kappa shape index (κ2) is 14.1. The molecule has 0 saturated carbocycles. The number of amides is 3. The molecule has 3 aliphatic rings. The first-order valence-electron chi connectivity index (χ1n) is 15.1. The number of piperidine rings is 2. The van der Waals surface area contributed by atoms with E-state index in [-0.39, 0.29) is 41.4 Å². The van der Waals surface area contributed by atoms with Crippen molar-refractivity contribution >= 4 is 34.2 Å². The summed E-state index contributed by atoms with van der Waals surface area (Å²) in [6.45, 7) is 8.44. The summed E-state index contributed by atoms with van der Waals surface area (Å²) in [5.74, 6) is 0.526. The van der Waals surface area contributed by atoms with E-state index in [0.29, 0.717) is 47.9 Å². The summed E-state index contributed by atoms with van der Waals surface area (Å²) < 4.78 is 18.8. The van der Waals surface area contributed by atoms with Gasteiger partial charge in [-0.25, -0.2) is 14.2 Å². The average molecular weight is 600 g/mol. The predicted molar refractivity (Wildman–Crippen MR) is 160 cm³/mol. The van der Waals surface area contributed by atoms with Crippen LogP contribution in [0.3, 0.4) is 0 Å². The van der Waals surface area contributed by atoms with Gasteiger partial charge in [0.15, 0.2) is 10.9 Å². The van der Waals surface area contributed by atoms with Crippen molar-refractivity contribution in [3.8, 4) is 0 Å². The van der Waals surface area contributed by atoms with Gasteiger partial charge in [0.2, 0.25) is 5.91 Å². The summed E-state index contributed by atoms with van der Waals surface area (Å²) >= 11 is 1.18. The summed E-state index contributed by atoms with van der Waals surface area (Å²) in [4.78, 5) is 47.7. The van der Waals surface area contributed by atoms with Crippen molar-refractivity contribution in [1.82, 2.24) is 20.1 Å². The molecule has 0 radical (unpaired) electrons. The monoisotopic (exact) mass is 599 g/mol. The molecule has 0 spiro atoms. The summed E-state index contributed by atoms with van der Waals surface area (Å²) in [6.07, 6.45) is 5.46. The number of hydrogen-bond acceptors (Lipinski definition) is 7. The van der Waals surface area contributed by atoms with Gasteiger partial charge in [0.05, 0.1) is 16.6 Å². The van der Waals surface area contributed by atoms with Crippen molar-refractivity contribution in [3.63, 3.8) is 0 Å². The second-order valence-electron chi connectivity index (χ2n) is 12.0. The zero-order valence-corrected chi connectivity index (χ0v) is 25.4. The number of benzene rings is 1. The molecule has 5 rings (SSSR count). The fourth-order valence-corrected chi connectivity index (χ4v) is 7.49. The Bertz CT molecular complexity index is 1250. The highest BCUT2D eigenvalue weighted by Gasteiger charge is 2.37. The molecular weight excluding hydrogens is 557 g/mol. The van der Waals surface area contributed by atoms with E-state index in [2.05, 4.69) is 20.5 Å². The molecule has 1 aromatic heterocycles. The summed E-state index contributed by atoms with van der Waals surface area (Å²) in [7, 11) is 0. The van der Waals surface area contributed by atoms with Crippen LogP contribution in [0.2, 0.25) is 0 Å². The highest BCUT2D eigenvalue weighted by Crippen LogP contribution is 2.28. The lowest BCUT2D eigenvalue weighted by Gasteiger charge is -2.43. The minimum Gasteiger partial charge on any atom is -0.381 e. The molecule has 0 aliphatic carbocycles. The Hall–Kier alpha value is -2.89. The smallest absolute Gasteiger partial charge is 0.321 e. The van der Waals surface area contributed by atoms with E-state index in [1.165, 1.54) is 30.4 Å². The number of aromatic nitrogens is 1. The molecule has 42 heavy (non-hydrogen) atoms. The van der Waals surface area contributed by atoms with Crippen LogP contribution in [0.4, 0.5) is 14.3 Å². The Kier molecular flexibility index (Phi) is 10.2. The Labute approximate surface area is 251 Å². The van der Waals surface area contributed by atoms with E-state index in [9.17, 15) is 18.8 Å². The fourth-order valence-electron chi connectivity index (χ4n) is 6.63. The maximum absolute atomic E-state index is 13.4. The maximum atomic E-state index is 13.4. The number of nitrogens with one attached hydrogen (secondary N) is 2.